The molecular weight excluding hydrogens is 525 g/mol. The zero-order valence-electron chi connectivity index (χ0n) is 26.3. The van der Waals surface area contributed by atoms with Crippen LogP contribution >= 0.6 is 0 Å². The van der Waals surface area contributed by atoms with Crippen LogP contribution in [0.1, 0.15) is 91.5 Å². The summed E-state index contributed by atoms with van der Waals surface area (Å²) in [7, 11) is -0.450. The SMILES string of the molecule is CC(C)CC(C#N)C(=O)N1CCC(CCCC(=O)N[C@@H](Cc2ccccc2)B2O[C@@H]3C[C@@H]4C[C@@H](C4(C)C)[C@]3(C)O2)CC1. The average molecular weight is 576 g/mol. The summed E-state index contributed by atoms with van der Waals surface area (Å²) < 4.78 is 13.3. The Morgan fingerprint density at radius 3 is 2.50 bits per heavy atom. The third-order valence-corrected chi connectivity index (χ3v) is 11.0. The summed E-state index contributed by atoms with van der Waals surface area (Å²) in [4.78, 5) is 27.9. The minimum Gasteiger partial charge on any atom is -0.404 e. The van der Waals surface area contributed by atoms with Crippen LogP contribution in [0.5, 0.6) is 0 Å². The molecule has 1 aromatic rings. The summed E-state index contributed by atoms with van der Waals surface area (Å²) in [6.07, 6.45) is 7.75. The van der Waals surface area contributed by atoms with E-state index in [1.165, 1.54) is 6.42 Å². The smallest absolute Gasteiger partial charge is 0.404 e. The summed E-state index contributed by atoms with van der Waals surface area (Å²) in [6, 6.07) is 12.5. The van der Waals surface area contributed by atoms with Gasteiger partial charge in [-0.05, 0) is 92.9 Å². The number of rotatable bonds is 11. The number of nitrogens with one attached hydrogen (secondary N) is 1. The van der Waals surface area contributed by atoms with Gasteiger partial charge in [-0.15, -0.1) is 0 Å². The Bertz CT molecular complexity index is 1150. The molecule has 3 aliphatic carbocycles. The predicted octanol–water partition coefficient (Wildman–Crippen LogP) is 5.58. The molecule has 8 heteroatoms. The summed E-state index contributed by atoms with van der Waals surface area (Å²) in [5, 5.41) is 12.8. The van der Waals surface area contributed by atoms with E-state index in [0.717, 1.165) is 37.7 Å². The monoisotopic (exact) mass is 575 g/mol. The van der Waals surface area contributed by atoms with Gasteiger partial charge in [0.25, 0.3) is 0 Å². The third-order valence-electron chi connectivity index (χ3n) is 11.0. The molecule has 2 saturated heterocycles. The van der Waals surface area contributed by atoms with Gasteiger partial charge in [0.05, 0.1) is 23.7 Å². The minimum atomic E-state index is -0.536. The Hall–Kier alpha value is -2.37. The first-order valence-electron chi connectivity index (χ1n) is 16.4. The molecule has 2 bridgehead atoms. The number of piperidine rings is 1. The molecule has 0 spiro atoms. The fraction of sp³-hybridized carbons (Fsp3) is 0.735. The van der Waals surface area contributed by atoms with E-state index in [1.807, 2.05) is 36.9 Å². The van der Waals surface area contributed by atoms with Crippen molar-refractivity contribution < 1.29 is 18.9 Å². The lowest BCUT2D eigenvalue weighted by Gasteiger charge is -2.64. The number of benzene rings is 1. The Balaban J connectivity index is 1.12. The first-order valence-corrected chi connectivity index (χ1v) is 16.4. The molecule has 2 aliphatic heterocycles. The zero-order valence-corrected chi connectivity index (χ0v) is 26.3. The maximum Gasteiger partial charge on any atom is 0.482 e. The maximum atomic E-state index is 13.2. The highest BCUT2D eigenvalue weighted by molar-refractivity contribution is 6.48. The predicted molar refractivity (Wildman–Crippen MR) is 164 cm³/mol. The normalized spacial score (nSPS) is 29.8. The Morgan fingerprint density at radius 1 is 1.14 bits per heavy atom. The molecule has 2 amide bonds. The van der Waals surface area contributed by atoms with Crippen molar-refractivity contribution in [3.8, 4) is 6.07 Å². The van der Waals surface area contributed by atoms with Crippen LogP contribution in [0.2, 0.25) is 0 Å². The highest BCUT2D eigenvalue weighted by Gasteiger charge is 2.68. The quantitative estimate of drug-likeness (QED) is 0.348. The third kappa shape index (κ3) is 6.43. The lowest BCUT2D eigenvalue weighted by atomic mass is 9.43. The second kappa shape index (κ2) is 12.7. The van der Waals surface area contributed by atoms with Crippen molar-refractivity contribution in [3.63, 3.8) is 0 Å². The van der Waals surface area contributed by atoms with Crippen molar-refractivity contribution >= 4 is 18.9 Å². The molecule has 6 rings (SSSR count). The largest absolute Gasteiger partial charge is 0.482 e. The second-order valence-corrected chi connectivity index (χ2v) is 14.7. The van der Waals surface area contributed by atoms with E-state index in [2.05, 4.69) is 44.3 Å². The van der Waals surface area contributed by atoms with E-state index in [9.17, 15) is 14.9 Å². The fourth-order valence-corrected chi connectivity index (χ4v) is 8.33. The van der Waals surface area contributed by atoms with Gasteiger partial charge in [0, 0.05) is 19.5 Å². The van der Waals surface area contributed by atoms with Crippen molar-refractivity contribution in [2.75, 3.05) is 13.1 Å². The van der Waals surface area contributed by atoms with Crippen LogP contribution in [0.3, 0.4) is 0 Å². The Morgan fingerprint density at radius 2 is 1.86 bits per heavy atom. The lowest BCUT2D eigenvalue weighted by molar-refractivity contribution is -0.199. The van der Waals surface area contributed by atoms with Gasteiger partial charge in [-0.3, -0.25) is 9.59 Å². The van der Waals surface area contributed by atoms with Crippen molar-refractivity contribution in [1.29, 1.82) is 5.26 Å². The van der Waals surface area contributed by atoms with Crippen LogP contribution < -0.4 is 5.32 Å². The number of hydrogen-bond acceptors (Lipinski definition) is 5. The maximum absolute atomic E-state index is 13.2. The van der Waals surface area contributed by atoms with Gasteiger partial charge in [-0.2, -0.15) is 5.26 Å². The molecule has 6 atom stereocenters. The molecule has 1 N–H and O–H groups in total. The molecule has 5 aliphatic rings. The molecule has 228 valence electrons. The van der Waals surface area contributed by atoms with E-state index in [-0.39, 0.29) is 34.9 Å². The van der Waals surface area contributed by atoms with Crippen molar-refractivity contribution in [1.82, 2.24) is 10.2 Å². The summed E-state index contributed by atoms with van der Waals surface area (Å²) in [5.41, 5.74) is 1.13. The molecule has 0 radical (unpaired) electrons. The van der Waals surface area contributed by atoms with E-state index in [1.54, 1.807) is 0 Å². The number of carbonyl (C=O) groups is 2. The molecule has 7 nitrogen and oxygen atoms in total. The van der Waals surface area contributed by atoms with E-state index < -0.39 is 13.0 Å². The van der Waals surface area contributed by atoms with Gasteiger partial charge in [-0.25, -0.2) is 0 Å². The standard InChI is InChI=1S/C34H50BN3O4/c1-23(2)18-26(22-36)32(40)38-16-14-24(15-17-38)12-9-13-31(39)37-30(19-25-10-7-6-8-11-25)35-41-29-21-27-20-28(33(27,3)4)34(29,5)42-35/h6-8,10-11,23-24,26-30H,9,12-21H2,1-5H3,(H,37,39)/t26?,27-,28-,29+,30-,34-/m0/s1. The first kappa shape index (κ1) is 31.1. The van der Waals surface area contributed by atoms with Crippen LogP contribution in [0, 0.1) is 46.3 Å². The number of nitriles is 1. The molecule has 5 fully saturated rings. The average Bonchev–Trinajstić information content (AvgIpc) is 3.33. The van der Waals surface area contributed by atoms with Crippen LogP contribution in [-0.4, -0.2) is 54.6 Å². The topological polar surface area (TPSA) is 91.7 Å². The molecule has 1 aromatic carbocycles. The number of nitrogens with zero attached hydrogens (tertiary/aromatic N) is 2. The highest BCUT2D eigenvalue weighted by Crippen LogP contribution is 2.65. The van der Waals surface area contributed by atoms with Crippen LogP contribution in [0.15, 0.2) is 30.3 Å². The molecular formula is C34H50BN3O4. The lowest BCUT2D eigenvalue weighted by Crippen LogP contribution is -2.65. The van der Waals surface area contributed by atoms with E-state index in [0.29, 0.717) is 56.0 Å². The molecule has 42 heavy (non-hydrogen) atoms. The highest BCUT2D eigenvalue weighted by atomic mass is 16.7. The van der Waals surface area contributed by atoms with Gasteiger partial charge in [0.15, 0.2) is 0 Å². The van der Waals surface area contributed by atoms with Gasteiger partial charge in [-0.1, -0.05) is 58.0 Å². The fourth-order valence-electron chi connectivity index (χ4n) is 8.33. The van der Waals surface area contributed by atoms with Crippen molar-refractivity contribution in [2.45, 2.75) is 110 Å². The summed E-state index contributed by atoms with van der Waals surface area (Å²) in [6.45, 7) is 12.5. The molecule has 3 saturated carbocycles. The molecule has 2 heterocycles. The van der Waals surface area contributed by atoms with Gasteiger partial charge in [0.1, 0.15) is 5.92 Å². The Labute approximate surface area is 253 Å². The summed E-state index contributed by atoms with van der Waals surface area (Å²) in [5.74, 6) is 1.25. The number of likely N-dealkylation sites (tertiary alicyclic amines) is 1. The zero-order chi connectivity index (χ0) is 30.1. The molecule has 0 aromatic heterocycles. The Kier molecular flexibility index (Phi) is 9.40. The van der Waals surface area contributed by atoms with Crippen molar-refractivity contribution in [2.24, 2.45) is 35.0 Å². The first-order chi connectivity index (χ1) is 20.0. The number of amides is 2. The van der Waals surface area contributed by atoms with Crippen LogP contribution in [0.4, 0.5) is 0 Å². The second-order valence-electron chi connectivity index (χ2n) is 14.7. The summed E-state index contributed by atoms with van der Waals surface area (Å²) >= 11 is 0. The number of carbonyl (C=O) groups excluding carboxylic acids is 2. The van der Waals surface area contributed by atoms with E-state index in [4.69, 9.17) is 9.31 Å². The van der Waals surface area contributed by atoms with Crippen molar-refractivity contribution in [3.05, 3.63) is 35.9 Å². The number of hydrogen-bond donors (Lipinski definition) is 1. The van der Waals surface area contributed by atoms with Crippen LogP contribution in [-0.2, 0) is 25.3 Å². The van der Waals surface area contributed by atoms with Gasteiger partial charge in [0.2, 0.25) is 11.8 Å². The minimum absolute atomic E-state index is 0.0145. The molecule has 1 unspecified atom stereocenters. The van der Waals surface area contributed by atoms with E-state index >= 15 is 0 Å². The van der Waals surface area contributed by atoms with Gasteiger partial charge >= 0.3 is 7.12 Å². The van der Waals surface area contributed by atoms with Crippen LogP contribution in [0.25, 0.3) is 0 Å². The van der Waals surface area contributed by atoms with Gasteiger partial charge < -0.3 is 19.5 Å².